The first kappa shape index (κ1) is 13.6. The van der Waals surface area contributed by atoms with E-state index >= 15 is 0 Å². The third kappa shape index (κ3) is 3.40. The topological polar surface area (TPSA) is 54.0 Å². The van der Waals surface area contributed by atoms with Gasteiger partial charge >= 0.3 is 128 Å². The summed E-state index contributed by atoms with van der Waals surface area (Å²) in [6.45, 7) is 0. The average molecular weight is 342 g/mol. The van der Waals surface area contributed by atoms with Crippen molar-refractivity contribution in [2.45, 2.75) is 0 Å². The van der Waals surface area contributed by atoms with Crippen LogP contribution < -0.4 is 10.9 Å². The molecule has 3 aromatic rings. The molecule has 1 amide bonds. The van der Waals surface area contributed by atoms with Crippen LogP contribution in [0.3, 0.4) is 0 Å². The molecule has 0 saturated heterocycles. The van der Waals surface area contributed by atoms with Gasteiger partial charge in [0, 0.05) is 0 Å². The van der Waals surface area contributed by atoms with E-state index < -0.39 is 0 Å². The quantitative estimate of drug-likeness (QED) is 0.566. The second-order valence-corrected chi connectivity index (χ2v) is 6.15. The Bertz CT molecular complexity index is 726. The number of hydrogen-bond donors (Lipinski definition) is 2. The molecule has 104 valence electrons. The van der Waals surface area contributed by atoms with E-state index in [1.54, 1.807) is 12.1 Å². The van der Waals surface area contributed by atoms with Gasteiger partial charge in [-0.1, -0.05) is 0 Å². The molecule has 0 bridgehead atoms. The number of hydrazine groups is 1. The van der Waals surface area contributed by atoms with Gasteiger partial charge in [-0.25, -0.2) is 0 Å². The predicted molar refractivity (Wildman–Crippen MR) is 84.1 cm³/mol. The molecular formula is C16H13N3OSe. The summed E-state index contributed by atoms with van der Waals surface area (Å²) in [6, 6.07) is 19.1. The Morgan fingerprint density at radius 1 is 0.952 bits per heavy atom. The molecule has 3 rings (SSSR count). The van der Waals surface area contributed by atoms with Crippen molar-refractivity contribution < 1.29 is 4.79 Å². The van der Waals surface area contributed by atoms with Gasteiger partial charge in [0.1, 0.15) is 0 Å². The van der Waals surface area contributed by atoms with Crippen molar-refractivity contribution in [3.63, 3.8) is 0 Å². The van der Waals surface area contributed by atoms with Gasteiger partial charge < -0.3 is 0 Å². The molecule has 2 N–H and O–H groups in total. The van der Waals surface area contributed by atoms with Gasteiger partial charge in [-0.05, 0) is 0 Å². The average Bonchev–Trinajstić information content (AvgIpc) is 3.03. The zero-order valence-electron chi connectivity index (χ0n) is 11.1. The van der Waals surface area contributed by atoms with Gasteiger partial charge in [0.25, 0.3) is 0 Å². The van der Waals surface area contributed by atoms with E-state index in [9.17, 15) is 4.79 Å². The predicted octanol–water partition coefficient (Wildman–Crippen LogP) is 2.56. The summed E-state index contributed by atoms with van der Waals surface area (Å²) in [6.07, 6.45) is 0. The standard InChI is InChI=1S/C16H13N3OSe/c20-15(13-9-5-2-6-10-13)18-19-16-17-14(11-21-16)12-7-3-1-4-8-12/h1-11H,(H,17,19)(H,18,20). The van der Waals surface area contributed by atoms with Gasteiger partial charge in [-0.3, -0.25) is 0 Å². The zero-order valence-corrected chi connectivity index (χ0v) is 12.8. The Morgan fingerprint density at radius 3 is 2.33 bits per heavy atom. The van der Waals surface area contributed by atoms with E-state index in [0.29, 0.717) is 5.56 Å². The van der Waals surface area contributed by atoms with E-state index in [1.807, 2.05) is 48.5 Å². The molecule has 0 aliphatic carbocycles. The maximum atomic E-state index is 11.9. The zero-order chi connectivity index (χ0) is 14.5. The van der Waals surface area contributed by atoms with E-state index in [0.717, 1.165) is 15.9 Å². The van der Waals surface area contributed by atoms with E-state index in [4.69, 9.17) is 0 Å². The van der Waals surface area contributed by atoms with Crippen molar-refractivity contribution in [3.05, 3.63) is 71.2 Å². The molecule has 0 aliphatic heterocycles. The number of hydrogen-bond acceptors (Lipinski definition) is 3. The minimum absolute atomic E-state index is 0.106. The first-order valence-electron chi connectivity index (χ1n) is 6.45. The molecule has 0 aliphatic rings. The van der Waals surface area contributed by atoms with Crippen molar-refractivity contribution in [1.82, 2.24) is 10.4 Å². The first-order valence-corrected chi connectivity index (χ1v) is 8.30. The number of benzene rings is 2. The minimum atomic E-state index is -0.165. The second kappa shape index (κ2) is 6.39. The van der Waals surface area contributed by atoms with Crippen molar-refractivity contribution in [2.75, 3.05) is 5.43 Å². The fourth-order valence-electron chi connectivity index (χ4n) is 1.84. The van der Waals surface area contributed by atoms with Crippen LogP contribution in [-0.4, -0.2) is 25.4 Å². The molecule has 5 heteroatoms. The summed E-state index contributed by atoms with van der Waals surface area (Å²) in [5.41, 5.74) is 8.24. The van der Waals surface area contributed by atoms with Crippen molar-refractivity contribution in [1.29, 1.82) is 0 Å². The van der Waals surface area contributed by atoms with Crippen molar-refractivity contribution >= 4 is 25.1 Å². The van der Waals surface area contributed by atoms with Crippen LogP contribution in [0, 0.1) is 0 Å². The number of aromatic nitrogens is 1. The molecule has 0 saturated carbocycles. The number of carbonyl (C=O) groups is 1. The number of rotatable bonds is 4. The number of nitrogens with one attached hydrogen (secondary N) is 2. The number of nitrogens with zero attached hydrogens (tertiary/aromatic N) is 1. The molecule has 0 atom stereocenters. The second-order valence-electron chi connectivity index (χ2n) is 4.35. The molecular weight excluding hydrogens is 329 g/mol. The summed E-state index contributed by atoms with van der Waals surface area (Å²) in [5.74, 6) is -0.165. The van der Waals surface area contributed by atoms with Crippen LogP contribution in [0.2, 0.25) is 0 Å². The molecule has 1 heterocycles. The molecule has 21 heavy (non-hydrogen) atoms. The number of anilines is 1. The van der Waals surface area contributed by atoms with Gasteiger partial charge in [0.15, 0.2) is 0 Å². The van der Waals surface area contributed by atoms with E-state index in [2.05, 4.69) is 20.8 Å². The van der Waals surface area contributed by atoms with E-state index in [-0.39, 0.29) is 20.4 Å². The normalized spacial score (nSPS) is 10.1. The Kier molecular flexibility index (Phi) is 4.14. The van der Waals surface area contributed by atoms with Gasteiger partial charge in [0.05, 0.1) is 0 Å². The Balaban J connectivity index is 1.64. The number of amides is 1. The summed E-state index contributed by atoms with van der Waals surface area (Å²) >= 11 is 0.106. The van der Waals surface area contributed by atoms with Crippen LogP contribution in [0.15, 0.2) is 65.6 Å². The van der Waals surface area contributed by atoms with Crippen LogP contribution >= 0.6 is 0 Å². The Labute approximate surface area is 128 Å². The molecule has 4 nitrogen and oxygen atoms in total. The Morgan fingerprint density at radius 2 is 1.62 bits per heavy atom. The van der Waals surface area contributed by atoms with Gasteiger partial charge in [0.2, 0.25) is 0 Å². The molecule has 0 spiro atoms. The molecule has 0 radical (unpaired) electrons. The van der Waals surface area contributed by atoms with Gasteiger partial charge in [-0.15, -0.1) is 0 Å². The van der Waals surface area contributed by atoms with Crippen LogP contribution in [0.5, 0.6) is 0 Å². The van der Waals surface area contributed by atoms with Crippen LogP contribution in [-0.2, 0) is 0 Å². The van der Waals surface area contributed by atoms with Crippen LogP contribution in [0.25, 0.3) is 11.3 Å². The fraction of sp³-hybridized carbons (Fsp3) is 0. The van der Waals surface area contributed by atoms with E-state index in [1.165, 1.54) is 0 Å². The monoisotopic (exact) mass is 343 g/mol. The first-order chi connectivity index (χ1) is 10.3. The summed E-state index contributed by atoms with van der Waals surface area (Å²) in [4.78, 5) is 18.5. The summed E-state index contributed by atoms with van der Waals surface area (Å²) < 4.78 is 0.797. The summed E-state index contributed by atoms with van der Waals surface area (Å²) in [7, 11) is 0. The molecule has 1 aromatic heterocycles. The third-order valence-electron chi connectivity index (χ3n) is 2.89. The van der Waals surface area contributed by atoms with Crippen LogP contribution in [0.1, 0.15) is 10.4 Å². The Hall–Kier alpha value is -2.36. The molecule has 0 fully saturated rings. The maximum absolute atomic E-state index is 11.9. The van der Waals surface area contributed by atoms with Crippen molar-refractivity contribution in [3.8, 4) is 11.3 Å². The fourth-order valence-corrected chi connectivity index (χ4v) is 3.26. The summed E-state index contributed by atoms with van der Waals surface area (Å²) in [5, 5.41) is 0. The van der Waals surface area contributed by atoms with Gasteiger partial charge in [-0.2, -0.15) is 0 Å². The number of carbonyl (C=O) groups excluding carboxylic acids is 1. The van der Waals surface area contributed by atoms with Crippen LogP contribution in [0.4, 0.5) is 4.69 Å². The molecule has 0 unspecified atom stereocenters. The van der Waals surface area contributed by atoms with Crippen molar-refractivity contribution in [2.24, 2.45) is 0 Å². The molecule has 2 aromatic carbocycles. The SMILES string of the molecule is O=C(NNc1nc(-c2ccccc2)c[se]1)c1ccccc1. The third-order valence-corrected chi connectivity index (χ3v) is 4.48.